The van der Waals surface area contributed by atoms with Crippen LogP contribution in [0.5, 0.6) is 0 Å². The van der Waals surface area contributed by atoms with E-state index in [9.17, 15) is 4.79 Å². The van der Waals surface area contributed by atoms with E-state index in [1.54, 1.807) is 19.3 Å². The highest BCUT2D eigenvalue weighted by molar-refractivity contribution is 7.99. The Morgan fingerprint density at radius 3 is 3.11 bits per heavy atom. The molecule has 0 saturated heterocycles. The molecule has 0 saturated carbocycles. The maximum absolute atomic E-state index is 10.5. The Morgan fingerprint density at radius 1 is 1.61 bits per heavy atom. The lowest BCUT2D eigenvalue weighted by Gasteiger charge is -2.04. The molecule has 0 atom stereocenters. The SMILES string of the molecule is Cc1noc(CCn2ccnc2SCC(=O)O)n1. The van der Waals surface area contributed by atoms with Gasteiger partial charge in [0.1, 0.15) is 0 Å². The second kappa shape index (κ2) is 5.67. The molecular formula is C10H12N4O3S. The average Bonchev–Trinajstić information content (AvgIpc) is 2.92. The van der Waals surface area contributed by atoms with E-state index in [2.05, 4.69) is 15.1 Å². The van der Waals surface area contributed by atoms with Gasteiger partial charge in [0.05, 0.1) is 5.75 Å². The predicted octanol–water partition coefficient (Wildman–Crippen LogP) is 0.994. The molecule has 8 heteroatoms. The van der Waals surface area contributed by atoms with E-state index in [0.717, 1.165) is 0 Å². The van der Waals surface area contributed by atoms with Crippen molar-refractivity contribution >= 4 is 17.7 Å². The van der Waals surface area contributed by atoms with E-state index < -0.39 is 5.97 Å². The van der Waals surface area contributed by atoms with Crippen molar-refractivity contribution in [2.45, 2.75) is 25.0 Å². The number of thioether (sulfide) groups is 1. The lowest BCUT2D eigenvalue weighted by atomic mass is 10.4. The first-order chi connectivity index (χ1) is 8.65. The maximum atomic E-state index is 10.5. The maximum Gasteiger partial charge on any atom is 0.313 e. The number of aryl methyl sites for hydroxylation is 3. The molecule has 0 spiro atoms. The van der Waals surface area contributed by atoms with Crippen LogP contribution in [0.25, 0.3) is 0 Å². The monoisotopic (exact) mass is 268 g/mol. The van der Waals surface area contributed by atoms with Gasteiger partial charge in [0.15, 0.2) is 11.0 Å². The van der Waals surface area contributed by atoms with Crippen molar-refractivity contribution in [2.75, 3.05) is 5.75 Å². The number of rotatable bonds is 6. The summed E-state index contributed by atoms with van der Waals surface area (Å²) in [6.45, 7) is 2.39. The number of hydrogen-bond donors (Lipinski definition) is 1. The van der Waals surface area contributed by atoms with Gasteiger partial charge in [0.2, 0.25) is 5.89 Å². The molecule has 0 fully saturated rings. The third-order valence-electron chi connectivity index (χ3n) is 2.14. The van der Waals surface area contributed by atoms with Crippen LogP contribution in [0.4, 0.5) is 0 Å². The quantitative estimate of drug-likeness (QED) is 0.781. The van der Waals surface area contributed by atoms with Gasteiger partial charge in [-0.05, 0) is 6.92 Å². The smallest absolute Gasteiger partial charge is 0.313 e. The third kappa shape index (κ3) is 3.33. The Bertz CT molecular complexity index is 537. The molecule has 0 radical (unpaired) electrons. The standard InChI is InChI=1S/C10H12N4O3S/c1-7-12-8(17-13-7)2-4-14-5-3-11-10(14)18-6-9(15)16/h3,5H,2,4,6H2,1H3,(H,15,16). The van der Waals surface area contributed by atoms with Gasteiger partial charge in [-0.2, -0.15) is 4.98 Å². The molecule has 1 N–H and O–H groups in total. The van der Waals surface area contributed by atoms with Gasteiger partial charge < -0.3 is 14.2 Å². The molecule has 0 aliphatic heterocycles. The molecule has 18 heavy (non-hydrogen) atoms. The molecule has 2 aromatic heterocycles. The molecule has 0 unspecified atom stereocenters. The van der Waals surface area contributed by atoms with Crippen LogP contribution in [0.15, 0.2) is 22.1 Å². The van der Waals surface area contributed by atoms with Crippen molar-refractivity contribution in [1.29, 1.82) is 0 Å². The van der Waals surface area contributed by atoms with Crippen LogP contribution in [-0.2, 0) is 17.8 Å². The first-order valence-corrected chi connectivity index (χ1v) is 6.28. The summed E-state index contributed by atoms with van der Waals surface area (Å²) in [5.41, 5.74) is 0. The highest BCUT2D eigenvalue weighted by Crippen LogP contribution is 2.15. The molecular weight excluding hydrogens is 256 g/mol. The number of hydrogen-bond acceptors (Lipinski definition) is 6. The summed E-state index contributed by atoms with van der Waals surface area (Å²) in [4.78, 5) is 18.7. The normalized spacial score (nSPS) is 10.7. The van der Waals surface area contributed by atoms with Crippen LogP contribution < -0.4 is 0 Å². The summed E-state index contributed by atoms with van der Waals surface area (Å²) < 4.78 is 6.87. The Kier molecular flexibility index (Phi) is 3.98. The van der Waals surface area contributed by atoms with Gasteiger partial charge in [0.25, 0.3) is 0 Å². The molecule has 0 aliphatic carbocycles. The molecule has 7 nitrogen and oxygen atoms in total. The predicted molar refractivity (Wildman–Crippen MR) is 63.3 cm³/mol. The number of aliphatic carboxylic acids is 1. The van der Waals surface area contributed by atoms with Gasteiger partial charge in [-0.15, -0.1) is 0 Å². The number of nitrogens with zero attached hydrogens (tertiary/aromatic N) is 4. The molecule has 0 amide bonds. The van der Waals surface area contributed by atoms with Crippen molar-refractivity contribution < 1.29 is 14.4 Å². The minimum absolute atomic E-state index is 0.00329. The molecule has 2 heterocycles. The Morgan fingerprint density at radius 2 is 2.44 bits per heavy atom. The second-order valence-electron chi connectivity index (χ2n) is 3.57. The second-order valence-corrected chi connectivity index (χ2v) is 4.51. The lowest BCUT2D eigenvalue weighted by molar-refractivity contribution is -0.133. The van der Waals surface area contributed by atoms with Crippen LogP contribution in [0, 0.1) is 6.92 Å². The minimum atomic E-state index is -0.859. The molecule has 96 valence electrons. The number of carbonyl (C=O) groups is 1. The van der Waals surface area contributed by atoms with Gasteiger partial charge in [-0.3, -0.25) is 4.79 Å². The first-order valence-electron chi connectivity index (χ1n) is 5.30. The zero-order valence-electron chi connectivity index (χ0n) is 9.74. The Hall–Kier alpha value is -1.83. The molecule has 0 aliphatic rings. The fraction of sp³-hybridized carbons (Fsp3) is 0.400. The number of carboxylic acid groups (broad SMARTS) is 1. The van der Waals surface area contributed by atoms with Crippen molar-refractivity contribution in [2.24, 2.45) is 0 Å². The summed E-state index contributed by atoms with van der Waals surface area (Å²) in [6.07, 6.45) is 4.04. The topological polar surface area (TPSA) is 94.0 Å². The number of imidazole rings is 1. The third-order valence-corrected chi connectivity index (χ3v) is 3.13. The summed E-state index contributed by atoms with van der Waals surface area (Å²) in [7, 11) is 0. The Balaban J connectivity index is 1.93. The zero-order chi connectivity index (χ0) is 13.0. The van der Waals surface area contributed by atoms with Crippen LogP contribution in [0.1, 0.15) is 11.7 Å². The lowest BCUT2D eigenvalue weighted by Crippen LogP contribution is -2.04. The fourth-order valence-corrected chi connectivity index (χ4v) is 2.10. The van der Waals surface area contributed by atoms with E-state index in [0.29, 0.717) is 29.8 Å². The highest BCUT2D eigenvalue weighted by Gasteiger charge is 2.08. The highest BCUT2D eigenvalue weighted by atomic mass is 32.2. The van der Waals surface area contributed by atoms with E-state index in [1.807, 2.05) is 4.57 Å². The van der Waals surface area contributed by atoms with Crippen molar-refractivity contribution in [3.63, 3.8) is 0 Å². The minimum Gasteiger partial charge on any atom is -0.481 e. The molecule has 2 aromatic rings. The van der Waals surface area contributed by atoms with Crippen LogP contribution in [0.2, 0.25) is 0 Å². The number of aromatic nitrogens is 4. The van der Waals surface area contributed by atoms with Crippen molar-refractivity contribution in [1.82, 2.24) is 19.7 Å². The van der Waals surface area contributed by atoms with Crippen LogP contribution in [0.3, 0.4) is 0 Å². The molecule has 0 bridgehead atoms. The van der Waals surface area contributed by atoms with E-state index in [-0.39, 0.29) is 5.75 Å². The van der Waals surface area contributed by atoms with E-state index in [1.165, 1.54) is 11.8 Å². The zero-order valence-corrected chi connectivity index (χ0v) is 10.6. The van der Waals surface area contributed by atoms with Crippen LogP contribution in [-0.4, -0.2) is 36.5 Å². The number of carboxylic acids is 1. The van der Waals surface area contributed by atoms with Gasteiger partial charge in [-0.25, -0.2) is 4.98 Å². The fourth-order valence-electron chi connectivity index (χ4n) is 1.39. The van der Waals surface area contributed by atoms with Gasteiger partial charge in [-0.1, -0.05) is 16.9 Å². The summed E-state index contributed by atoms with van der Waals surface area (Å²) in [5.74, 6) is 0.310. The van der Waals surface area contributed by atoms with Crippen molar-refractivity contribution in [3.8, 4) is 0 Å². The average molecular weight is 268 g/mol. The summed E-state index contributed by atoms with van der Waals surface area (Å²) in [5, 5.41) is 13.0. The van der Waals surface area contributed by atoms with Crippen LogP contribution >= 0.6 is 11.8 Å². The summed E-state index contributed by atoms with van der Waals surface area (Å²) >= 11 is 1.19. The van der Waals surface area contributed by atoms with Crippen molar-refractivity contribution in [3.05, 3.63) is 24.1 Å². The first kappa shape index (κ1) is 12.6. The van der Waals surface area contributed by atoms with Gasteiger partial charge in [0, 0.05) is 25.4 Å². The summed E-state index contributed by atoms with van der Waals surface area (Å²) in [6, 6.07) is 0. The molecule has 0 aromatic carbocycles. The van der Waals surface area contributed by atoms with Gasteiger partial charge >= 0.3 is 5.97 Å². The van der Waals surface area contributed by atoms with E-state index in [4.69, 9.17) is 9.63 Å². The Labute approximate surface area is 107 Å². The van der Waals surface area contributed by atoms with E-state index >= 15 is 0 Å². The molecule has 2 rings (SSSR count). The largest absolute Gasteiger partial charge is 0.481 e.